The summed E-state index contributed by atoms with van der Waals surface area (Å²) in [7, 11) is 0. The highest BCUT2D eigenvalue weighted by Crippen LogP contribution is 2.23. The van der Waals surface area contributed by atoms with Gasteiger partial charge in [-0.2, -0.15) is 0 Å². The van der Waals surface area contributed by atoms with Crippen LogP contribution in [-0.2, 0) is 20.8 Å². The van der Waals surface area contributed by atoms with E-state index in [2.05, 4.69) is 25.9 Å². The molecule has 0 aliphatic rings. The monoisotopic (exact) mass is 531 g/mol. The molecule has 1 aromatic heterocycles. The summed E-state index contributed by atoms with van der Waals surface area (Å²) in [5, 5.41) is 18.2. The molecule has 0 unspecified atom stereocenters. The van der Waals surface area contributed by atoms with Crippen LogP contribution in [0.4, 0.5) is 5.95 Å². The number of amides is 2. The van der Waals surface area contributed by atoms with Crippen LogP contribution in [-0.4, -0.2) is 52.0 Å². The Morgan fingerprint density at radius 3 is 2.18 bits per heavy atom. The van der Waals surface area contributed by atoms with Crippen LogP contribution in [0.2, 0.25) is 0 Å². The lowest BCUT2D eigenvalue weighted by Gasteiger charge is -2.21. The maximum Gasteiger partial charge on any atom is 0.309 e. The van der Waals surface area contributed by atoms with Crippen molar-refractivity contribution in [2.75, 3.05) is 18.4 Å². The van der Waals surface area contributed by atoms with Crippen molar-refractivity contribution in [1.82, 2.24) is 20.6 Å². The van der Waals surface area contributed by atoms with Gasteiger partial charge in [0.25, 0.3) is 0 Å². The zero-order valence-corrected chi connectivity index (χ0v) is 22.5. The number of carboxylic acid groups (broad SMARTS) is 1. The molecule has 0 fully saturated rings. The minimum atomic E-state index is -1.03. The number of unbranched alkanes of at least 4 members (excludes halogenated alkanes) is 1. The maximum absolute atomic E-state index is 13.1. The summed E-state index contributed by atoms with van der Waals surface area (Å²) in [4.78, 5) is 45.4. The predicted molar refractivity (Wildman–Crippen MR) is 151 cm³/mol. The number of benzene rings is 2. The summed E-state index contributed by atoms with van der Waals surface area (Å²) < 4.78 is 0. The molecule has 206 valence electrons. The molecule has 0 saturated carbocycles. The first-order chi connectivity index (χ1) is 18.7. The Morgan fingerprint density at radius 1 is 0.872 bits per heavy atom. The van der Waals surface area contributed by atoms with Gasteiger partial charge in [-0.25, -0.2) is 9.97 Å². The molecule has 2 aromatic carbocycles. The zero-order valence-electron chi connectivity index (χ0n) is 22.5. The number of rotatable bonds is 15. The molecule has 2 amide bonds. The largest absolute Gasteiger partial charge is 0.481 e. The number of aliphatic carboxylic acids is 1. The second-order valence-electron chi connectivity index (χ2n) is 10.1. The molecule has 39 heavy (non-hydrogen) atoms. The molecule has 3 aromatic rings. The van der Waals surface area contributed by atoms with Crippen LogP contribution in [0.15, 0.2) is 73.1 Å². The lowest BCUT2D eigenvalue weighted by molar-refractivity contribution is -0.147. The van der Waals surface area contributed by atoms with Crippen LogP contribution < -0.4 is 16.0 Å². The first-order valence-corrected chi connectivity index (χ1v) is 13.2. The average molecular weight is 532 g/mol. The van der Waals surface area contributed by atoms with Crippen molar-refractivity contribution in [3.63, 3.8) is 0 Å². The standard InChI is InChI=1S/C30H37N5O4/c1-30(2,28(38)39)16-15-26(36)35-25(21-22-11-13-24(14-12-22)23-9-4-3-5-10-23)27(37)31-17-6-7-18-32-29-33-19-8-20-34-29/h3-5,8-14,19-20,25H,6-7,15-18,21H2,1-2H3,(H,31,37)(H,35,36)(H,38,39)(H,32,33,34)/t25-/m0/s1. The van der Waals surface area contributed by atoms with Crippen molar-refractivity contribution in [1.29, 1.82) is 0 Å². The molecule has 9 nitrogen and oxygen atoms in total. The van der Waals surface area contributed by atoms with Gasteiger partial charge in [-0.05, 0) is 55.9 Å². The molecule has 3 rings (SSSR count). The van der Waals surface area contributed by atoms with Gasteiger partial charge in [-0.1, -0.05) is 54.6 Å². The van der Waals surface area contributed by atoms with Crippen LogP contribution in [0.25, 0.3) is 11.1 Å². The lowest BCUT2D eigenvalue weighted by atomic mass is 9.88. The summed E-state index contributed by atoms with van der Waals surface area (Å²) in [6.07, 6.45) is 5.40. The molecule has 0 spiro atoms. The topological polar surface area (TPSA) is 133 Å². The van der Waals surface area contributed by atoms with E-state index in [9.17, 15) is 19.5 Å². The molecule has 4 N–H and O–H groups in total. The van der Waals surface area contributed by atoms with E-state index in [1.807, 2.05) is 54.6 Å². The van der Waals surface area contributed by atoms with E-state index in [0.29, 0.717) is 25.5 Å². The third-order valence-corrected chi connectivity index (χ3v) is 6.46. The Balaban J connectivity index is 1.56. The van der Waals surface area contributed by atoms with Crippen molar-refractivity contribution in [2.24, 2.45) is 5.41 Å². The Morgan fingerprint density at radius 2 is 1.51 bits per heavy atom. The van der Waals surface area contributed by atoms with Crippen LogP contribution in [0.3, 0.4) is 0 Å². The van der Waals surface area contributed by atoms with Gasteiger partial charge < -0.3 is 21.1 Å². The first kappa shape index (κ1) is 29.3. The number of hydrogen-bond donors (Lipinski definition) is 4. The fourth-order valence-electron chi connectivity index (χ4n) is 3.88. The Labute approximate surface area is 229 Å². The summed E-state index contributed by atoms with van der Waals surface area (Å²) >= 11 is 0. The van der Waals surface area contributed by atoms with Gasteiger partial charge in [0.05, 0.1) is 5.41 Å². The average Bonchev–Trinajstić information content (AvgIpc) is 2.94. The van der Waals surface area contributed by atoms with E-state index in [1.54, 1.807) is 32.3 Å². The van der Waals surface area contributed by atoms with Gasteiger partial charge in [0, 0.05) is 38.3 Å². The van der Waals surface area contributed by atoms with Crippen molar-refractivity contribution < 1.29 is 19.5 Å². The normalized spacial score (nSPS) is 11.8. The molecule has 0 saturated heterocycles. The summed E-state index contributed by atoms with van der Waals surface area (Å²) in [5.74, 6) is -1.02. The minimum absolute atomic E-state index is 0.0171. The zero-order chi connectivity index (χ0) is 28.1. The Kier molecular flexibility index (Phi) is 11.0. The van der Waals surface area contributed by atoms with Crippen molar-refractivity contribution in [2.45, 2.75) is 52.0 Å². The highest BCUT2D eigenvalue weighted by molar-refractivity contribution is 5.88. The number of carbonyl (C=O) groups excluding carboxylic acids is 2. The van der Waals surface area contributed by atoms with Crippen LogP contribution in [0.5, 0.6) is 0 Å². The first-order valence-electron chi connectivity index (χ1n) is 13.2. The molecule has 9 heteroatoms. The highest BCUT2D eigenvalue weighted by atomic mass is 16.4. The fourth-order valence-corrected chi connectivity index (χ4v) is 3.88. The molecular formula is C30H37N5O4. The third-order valence-electron chi connectivity index (χ3n) is 6.46. The van der Waals surface area contributed by atoms with Crippen LogP contribution in [0.1, 0.15) is 45.1 Å². The van der Waals surface area contributed by atoms with Gasteiger partial charge in [0.2, 0.25) is 17.8 Å². The number of carbonyl (C=O) groups is 3. The van der Waals surface area contributed by atoms with E-state index < -0.39 is 17.4 Å². The number of anilines is 1. The third kappa shape index (κ3) is 9.85. The summed E-state index contributed by atoms with van der Waals surface area (Å²) in [6, 6.07) is 18.9. The van der Waals surface area contributed by atoms with Crippen molar-refractivity contribution in [3.8, 4) is 11.1 Å². The number of hydrogen-bond acceptors (Lipinski definition) is 6. The molecule has 0 radical (unpaired) electrons. The molecule has 0 aliphatic carbocycles. The van der Waals surface area contributed by atoms with E-state index in [0.717, 1.165) is 29.5 Å². The second-order valence-corrected chi connectivity index (χ2v) is 10.1. The van der Waals surface area contributed by atoms with Gasteiger partial charge in [-0.3, -0.25) is 14.4 Å². The van der Waals surface area contributed by atoms with Gasteiger partial charge >= 0.3 is 5.97 Å². The number of carboxylic acids is 1. The van der Waals surface area contributed by atoms with Crippen LogP contribution in [0, 0.1) is 5.41 Å². The van der Waals surface area contributed by atoms with Crippen LogP contribution >= 0.6 is 0 Å². The number of aromatic nitrogens is 2. The number of nitrogens with one attached hydrogen (secondary N) is 3. The number of nitrogens with zero attached hydrogens (tertiary/aromatic N) is 2. The van der Waals surface area contributed by atoms with E-state index in [1.165, 1.54) is 0 Å². The van der Waals surface area contributed by atoms with Gasteiger partial charge in [0.15, 0.2) is 0 Å². The van der Waals surface area contributed by atoms with E-state index in [4.69, 9.17) is 0 Å². The summed E-state index contributed by atoms with van der Waals surface area (Å²) in [6.45, 7) is 4.30. The van der Waals surface area contributed by atoms with E-state index in [-0.39, 0.29) is 24.7 Å². The molecule has 1 atom stereocenters. The molecule has 0 aliphatic heterocycles. The van der Waals surface area contributed by atoms with Gasteiger partial charge in [0.1, 0.15) is 6.04 Å². The van der Waals surface area contributed by atoms with Crippen molar-refractivity contribution in [3.05, 3.63) is 78.6 Å². The highest BCUT2D eigenvalue weighted by Gasteiger charge is 2.29. The summed E-state index contributed by atoms with van der Waals surface area (Å²) in [5.41, 5.74) is 2.05. The fraction of sp³-hybridized carbons (Fsp3) is 0.367. The second kappa shape index (κ2) is 14.6. The van der Waals surface area contributed by atoms with Gasteiger partial charge in [-0.15, -0.1) is 0 Å². The van der Waals surface area contributed by atoms with E-state index >= 15 is 0 Å². The molecule has 1 heterocycles. The predicted octanol–water partition coefficient (Wildman–Crippen LogP) is 4.07. The SMILES string of the molecule is CC(C)(CCC(=O)N[C@@H](Cc1ccc(-c2ccccc2)cc1)C(=O)NCCCCNc1ncccn1)C(=O)O. The smallest absolute Gasteiger partial charge is 0.309 e. The van der Waals surface area contributed by atoms with Crippen molar-refractivity contribution >= 4 is 23.7 Å². The Hall–Kier alpha value is -4.27. The maximum atomic E-state index is 13.1. The molecule has 0 bridgehead atoms. The Bertz CT molecular complexity index is 1200. The molecular weight excluding hydrogens is 494 g/mol. The minimum Gasteiger partial charge on any atom is -0.481 e. The lowest BCUT2D eigenvalue weighted by Crippen LogP contribution is -2.48. The quantitative estimate of drug-likeness (QED) is 0.217.